The number of anilines is 1. The van der Waals surface area contributed by atoms with E-state index in [-0.39, 0.29) is 12.4 Å². The summed E-state index contributed by atoms with van der Waals surface area (Å²) in [7, 11) is 0. The number of rotatable bonds is 7. The SMILES string of the molecule is Cc1ccc(N/C=C/C(=O)c2ccc(OCc3c(F)cccc3Cl)cc2)cc1C. The van der Waals surface area contributed by atoms with Crippen LogP contribution in [-0.2, 0) is 6.61 Å². The van der Waals surface area contributed by atoms with E-state index in [2.05, 4.69) is 12.2 Å². The molecular weight excluding hydrogens is 389 g/mol. The summed E-state index contributed by atoms with van der Waals surface area (Å²) < 4.78 is 19.4. The van der Waals surface area contributed by atoms with Gasteiger partial charge in [-0.05, 0) is 73.5 Å². The third-order valence-electron chi connectivity index (χ3n) is 4.58. The molecule has 0 aromatic heterocycles. The van der Waals surface area contributed by atoms with Crippen molar-refractivity contribution in [3.8, 4) is 5.75 Å². The molecule has 3 nitrogen and oxygen atoms in total. The Morgan fingerprint density at radius 2 is 1.83 bits per heavy atom. The number of carbonyl (C=O) groups excluding carboxylic acids is 1. The molecule has 3 rings (SSSR count). The van der Waals surface area contributed by atoms with Crippen LogP contribution in [0.5, 0.6) is 5.75 Å². The normalized spacial score (nSPS) is 10.9. The molecule has 0 spiro atoms. The number of halogens is 2. The first-order valence-corrected chi connectivity index (χ1v) is 9.52. The number of carbonyl (C=O) groups is 1. The lowest BCUT2D eigenvalue weighted by atomic mass is 10.1. The van der Waals surface area contributed by atoms with E-state index in [1.54, 1.807) is 42.6 Å². The van der Waals surface area contributed by atoms with Crippen LogP contribution < -0.4 is 10.1 Å². The maximum absolute atomic E-state index is 13.8. The van der Waals surface area contributed by atoms with Gasteiger partial charge in [0, 0.05) is 29.1 Å². The van der Waals surface area contributed by atoms with Gasteiger partial charge in [0.25, 0.3) is 0 Å². The van der Waals surface area contributed by atoms with Crippen molar-refractivity contribution >= 4 is 23.1 Å². The van der Waals surface area contributed by atoms with Gasteiger partial charge in [-0.15, -0.1) is 0 Å². The van der Waals surface area contributed by atoms with Crippen LogP contribution in [0.2, 0.25) is 5.02 Å². The summed E-state index contributed by atoms with van der Waals surface area (Å²) in [5.41, 5.74) is 4.15. The molecule has 0 aliphatic rings. The lowest BCUT2D eigenvalue weighted by Crippen LogP contribution is -2.00. The minimum absolute atomic E-state index is 0.0125. The van der Waals surface area contributed by atoms with E-state index in [1.807, 2.05) is 25.1 Å². The molecule has 0 fully saturated rings. The van der Waals surface area contributed by atoms with Gasteiger partial charge in [0.2, 0.25) is 0 Å². The zero-order chi connectivity index (χ0) is 20.8. The summed E-state index contributed by atoms with van der Waals surface area (Å²) in [6.07, 6.45) is 3.10. The van der Waals surface area contributed by atoms with Crippen LogP contribution in [0.3, 0.4) is 0 Å². The highest BCUT2D eigenvalue weighted by Gasteiger charge is 2.08. The van der Waals surface area contributed by atoms with Crippen LogP contribution in [0.25, 0.3) is 0 Å². The average Bonchev–Trinajstić information content (AvgIpc) is 2.70. The van der Waals surface area contributed by atoms with Crippen LogP contribution in [0.4, 0.5) is 10.1 Å². The number of benzene rings is 3. The Balaban J connectivity index is 1.57. The molecule has 0 atom stereocenters. The van der Waals surface area contributed by atoms with Crippen molar-refractivity contribution in [3.05, 3.63) is 106 Å². The van der Waals surface area contributed by atoms with Gasteiger partial charge in [-0.25, -0.2) is 4.39 Å². The van der Waals surface area contributed by atoms with Crippen molar-refractivity contribution in [1.29, 1.82) is 0 Å². The molecule has 3 aromatic rings. The number of hydrogen-bond acceptors (Lipinski definition) is 3. The second kappa shape index (κ2) is 9.39. The van der Waals surface area contributed by atoms with Crippen LogP contribution >= 0.6 is 11.6 Å². The first kappa shape index (κ1) is 20.6. The van der Waals surface area contributed by atoms with Crippen LogP contribution in [0.15, 0.2) is 72.9 Å². The number of ketones is 1. The predicted molar refractivity (Wildman–Crippen MR) is 115 cm³/mol. The quantitative estimate of drug-likeness (QED) is 0.358. The molecule has 0 saturated carbocycles. The third kappa shape index (κ3) is 5.46. The fraction of sp³-hybridized carbons (Fsp3) is 0.125. The minimum atomic E-state index is -0.411. The van der Waals surface area contributed by atoms with E-state index in [0.29, 0.717) is 21.9 Å². The molecule has 0 aliphatic carbocycles. The molecule has 0 amide bonds. The summed E-state index contributed by atoms with van der Waals surface area (Å²) in [5.74, 6) is -0.0196. The lowest BCUT2D eigenvalue weighted by molar-refractivity contribution is 0.104. The largest absolute Gasteiger partial charge is 0.489 e. The third-order valence-corrected chi connectivity index (χ3v) is 4.93. The Kier molecular flexibility index (Phi) is 6.68. The monoisotopic (exact) mass is 409 g/mol. The molecule has 3 aromatic carbocycles. The van der Waals surface area contributed by atoms with Crippen LogP contribution in [-0.4, -0.2) is 5.78 Å². The van der Waals surface area contributed by atoms with Crippen LogP contribution in [0.1, 0.15) is 27.0 Å². The molecule has 0 bridgehead atoms. The summed E-state index contributed by atoms with van der Waals surface area (Å²) in [5, 5.41) is 3.42. The van der Waals surface area contributed by atoms with Gasteiger partial charge in [-0.1, -0.05) is 23.7 Å². The molecular formula is C24H21ClFNO2. The van der Waals surface area contributed by atoms with Gasteiger partial charge < -0.3 is 10.1 Å². The van der Waals surface area contributed by atoms with E-state index in [0.717, 1.165) is 5.69 Å². The van der Waals surface area contributed by atoms with Gasteiger partial charge in [0.15, 0.2) is 5.78 Å². The Morgan fingerprint density at radius 1 is 1.07 bits per heavy atom. The van der Waals surface area contributed by atoms with E-state index >= 15 is 0 Å². The maximum Gasteiger partial charge on any atom is 0.187 e. The first-order valence-electron chi connectivity index (χ1n) is 9.14. The molecule has 0 radical (unpaired) electrons. The van der Waals surface area contributed by atoms with E-state index in [1.165, 1.54) is 23.3 Å². The van der Waals surface area contributed by atoms with Gasteiger partial charge in [0.1, 0.15) is 18.2 Å². The smallest absolute Gasteiger partial charge is 0.187 e. The Labute approximate surface area is 174 Å². The van der Waals surface area contributed by atoms with Crippen molar-refractivity contribution in [2.45, 2.75) is 20.5 Å². The molecule has 1 N–H and O–H groups in total. The molecule has 148 valence electrons. The van der Waals surface area contributed by atoms with E-state index in [9.17, 15) is 9.18 Å². The second-order valence-electron chi connectivity index (χ2n) is 6.65. The number of hydrogen-bond donors (Lipinski definition) is 1. The number of ether oxygens (including phenoxy) is 1. The second-order valence-corrected chi connectivity index (χ2v) is 7.06. The Hall–Kier alpha value is -3.11. The Morgan fingerprint density at radius 3 is 2.52 bits per heavy atom. The summed E-state index contributed by atoms with van der Waals surface area (Å²) in [6.45, 7) is 4.11. The standard InChI is InChI=1S/C24H21ClFNO2/c1-16-6-9-19(14-17(16)2)27-13-12-24(28)18-7-10-20(11-8-18)29-15-21-22(25)4-3-5-23(21)26/h3-14,27H,15H2,1-2H3/b13-12+. The highest BCUT2D eigenvalue weighted by atomic mass is 35.5. The van der Waals surface area contributed by atoms with Gasteiger partial charge >= 0.3 is 0 Å². The fourth-order valence-corrected chi connectivity index (χ4v) is 2.90. The Bertz CT molecular complexity index is 1020. The number of nitrogens with one attached hydrogen (secondary N) is 1. The molecule has 0 aliphatic heterocycles. The fourth-order valence-electron chi connectivity index (χ4n) is 2.68. The predicted octanol–water partition coefficient (Wildman–Crippen LogP) is 6.48. The number of allylic oxidation sites excluding steroid dienone is 1. The molecule has 0 unspecified atom stereocenters. The van der Waals surface area contributed by atoms with Crippen molar-refractivity contribution in [2.24, 2.45) is 0 Å². The molecule has 29 heavy (non-hydrogen) atoms. The summed E-state index contributed by atoms with van der Waals surface area (Å²) in [6, 6.07) is 17.2. The van der Waals surface area contributed by atoms with Gasteiger partial charge in [0.05, 0.1) is 5.02 Å². The van der Waals surface area contributed by atoms with E-state index in [4.69, 9.17) is 16.3 Å². The molecule has 0 saturated heterocycles. The molecule has 5 heteroatoms. The highest BCUT2D eigenvalue weighted by molar-refractivity contribution is 6.31. The van der Waals surface area contributed by atoms with Crippen LogP contribution in [0, 0.1) is 19.7 Å². The summed E-state index contributed by atoms with van der Waals surface area (Å²) in [4.78, 5) is 12.3. The topological polar surface area (TPSA) is 38.3 Å². The zero-order valence-corrected chi connectivity index (χ0v) is 17.0. The maximum atomic E-state index is 13.8. The zero-order valence-electron chi connectivity index (χ0n) is 16.2. The average molecular weight is 410 g/mol. The first-order chi connectivity index (χ1) is 13.9. The minimum Gasteiger partial charge on any atom is -0.489 e. The highest BCUT2D eigenvalue weighted by Crippen LogP contribution is 2.22. The van der Waals surface area contributed by atoms with Crippen molar-refractivity contribution in [2.75, 3.05) is 5.32 Å². The van der Waals surface area contributed by atoms with E-state index < -0.39 is 5.82 Å². The van der Waals surface area contributed by atoms with Crippen molar-refractivity contribution in [3.63, 3.8) is 0 Å². The van der Waals surface area contributed by atoms with Gasteiger partial charge in [-0.2, -0.15) is 0 Å². The molecule has 0 heterocycles. The number of aryl methyl sites for hydroxylation is 2. The van der Waals surface area contributed by atoms with Crippen molar-refractivity contribution < 1.29 is 13.9 Å². The lowest BCUT2D eigenvalue weighted by Gasteiger charge is -2.09. The van der Waals surface area contributed by atoms with Gasteiger partial charge in [-0.3, -0.25) is 4.79 Å². The van der Waals surface area contributed by atoms with Crippen molar-refractivity contribution in [1.82, 2.24) is 0 Å². The summed E-state index contributed by atoms with van der Waals surface area (Å²) >= 11 is 5.99.